The molecule has 0 saturated carbocycles. The van der Waals surface area contributed by atoms with Gasteiger partial charge in [-0.3, -0.25) is 0 Å². The quantitative estimate of drug-likeness (QED) is 0.892. The van der Waals surface area contributed by atoms with Crippen LogP contribution in [0.15, 0.2) is 22.7 Å². The maximum Gasteiger partial charge on any atom is 0.124 e. The van der Waals surface area contributed by atoms with Gasteiger partial charge in [-0.05, 0) is 37.7 Å². The lowest BCUT2D eigenvalue weighted by Crippen LogP contribution is -2.23. The SMILES string of the molecule is CNCC(C)OCc1cc(F)cc(Br)c1. The second kappa shape index (κ2) is 6.20. The molecule has 0 radical (unpaired) electrons. The minimum absolute atomic E-state index is 0.122. The first-order valence-corrected chi connectivity index (χ1v) is 5.62. The van der Waals surface area contributed by atoms with E-state index in [4.69, 9.17) is 4.74 Å². The molecule has 4 heteroatoms. The molecule has 0 aliphatic rings. The molecular weight excluding hydrogens is 261 g/mol. The van der Waals surface area contributed by atoms with Gasteiger partial charge < -0.3 is 10.1 Å². The zero-order valence-electron chi connectivity index (χ0n) is 8.89. The summed E-state index contributed by atoms with van der Waals surface area (Å²) in [4.78, 5) is 0. The predicted octanol–water partition coefficient (Wildman–Crippen LogP) is 2.71. The van der Waals surface area contributed by atoms with Crippen molar-refractivity contribution in [3.8, 4) is 0 Å². The molecule has 0 amide bonds. The highest BCUT2D eigenvalue weighted by Crippen LogP contribution is 2.15. The molecule has 1 aromatic rings. The monoisotopic (exact) mass is 275 g/mol. The van der Waals surface area contributed by atoms with Crippen molar-refractivity contribution in [3.05, 3.63) is 34.1 Å². The van der Waals surface area contributed by atoms with Crippen molar-refractivity contribution in [3.63, 3.8) is 0 Å². The van der Waals surface area contributed by atoms with Crippen LogP contribution in [-0.2, 0) is 11.3 Å². The van der Waals surface area contributed by atoms with Crippen LogP contribution in [0.25, 0.3) is 0 Å². The highest BCUT2D eigenvalue weighted by Gasteiger charge is 2.03. The fraction of sp³-hybridized carbons (Fsp3) is 0.455. The van der Waals surface area contributed by atoms with Crippen molar-refractivity contribution in [2.24, 2.45) is 0 Å². The lowest BCUT2D eigenvalue weighted by atomic mass is 10.2. The smallest absolute Gasteiger partial charge is 0.124 e. The lowest BCUT2D eigenvalue weighted by molar-refractivity contribution is 0.0543. The Bertz CT molecular complexity index is 299. The topological polar surface area (TPSA) is 21.3 Å². The van der Waals surface area contributed by atoms with Gasteiger partial charge in [0.05, 0.1) is 12.7 Å². The first-order chi connectivity index (χ1) is 7.11. The van der Waals surface area contributed by atoms with E-state index in [1.807, 2.05) is 20.0 Å². The van der Waals surface area contributed by atoms with Crippen LogP contribution in [0.4, 0.5) is 4.39 Å². The van der Waals surface area contributed by atoms with Crippen LogP contribution in [0, 0.1) is 5.82 Å². The Morgan fingerprint density at radius 1 is 1.47 bits per heavy atom. The van der Waals surface area contributed by atoms with Gasteiger partial charge in [-0.2, -0.15) is 0 Å². The number of hydrogen-bond donors (Lipinski definition) is 1. The fourth-order valence-electron chi connectivity index (χ4n) is 1.28. The second-order valence-electron chi connectivity index (χ2n) is 3.46. The fourth-order valence-corrected chi connectivity index (χ4v) is 1.79. The molecule has 0 bridgehead atoms. The third-order valence-electron chi connectivity index (χ3n) is 1.95. The average Bonchev–Trinajstić information content (AvgIpc) is 2.14. The minimum Gasteiger partial charge on any atom is -0.373 e. The van der Waals surface area contributed by atoms with Crippen molar-refractivity contribution in [1.82, 2.24) is 5.32 Å². The van der Waals surface area contributed by atoms with Gasteiger partial charge in [0.15, 0.2) is 0 Å². The summed E-state index contributed by atoms with van der Waals surface area (Å²) in [6.45, 7) is 3.19. The van der Waals surface area contributed by atoms with Crippen LogP contribution >= 0.6 is 15.9 Å². The number of rotatable bonds is 5. The largest absolute Gasteiger partial charge is 0.373 e. The molecule has 1 N–H and O–H groups in total. The summed E-state index contributed by atoms with van der Waals surface area (Å²) in [7, 11) is 1.87. The third-order valence-corrected chi connectivity index (χ3v) is 2.41. The van der Waals surface area contributed by atoms with E-state index in [-0.39, 0.29) is 11.9 Å². The van der Waals surface area contributed by atoms with Gasteiger partial charge in [-0.25, -0.2) is 4.39 Å². The molecule has 84 valence electrons. The second-order valence-corrected chi connectivity index (χ2v) is 4.37. The number of nitrogens with one attached hydrogen (secondary N) is 1. The van der Waals surface area contributed by atoms with E-state index in [2.05, 4.69) is 21.2 Å². The molecule has 1 rings (SSSR count). The van der Waals surface area contributed by atoms with Crippen LogP contribution in [-0.4, -0.2) is 19.7 Å². The van der Waals surface area contributed by atoms with Crippen LogP contribution in [0.5, 0.6) is 0 Å². The lowest BCUT2D eigenvalue weighted by Gasteiger charge is -2.12. The standard InChI is InChI=1S/C11H15BrFNO/c1-8(6-14-2)15-7-9-3-10(12)5-11(13)4-9/h3-5,8,14H,6-7H2,1-2H3. The Hall–Kier alpha value is -0.450. The van der Waals surface area contributed by atoms with Gasteiger partial charge in [-0.1, -0.05) is 15.9 Å². The van der Waals surface area contributed by atoms with Crippen LogP contribution in [0.3, 0.4) is 0 Å². The Kier molecular flexibility index (Phi) is 5.22. The molecular formula is C11H15BrFNO. The molecule has 0 aliphatic carbocycles. The first-order valence-electron chi connectivity index (χ1n) is 4.83. The van der Waals surface area contributed by atoms with Gasteiger partial charge in [0.1, 0.15) is 5.82 Å². The van der Waals surface area contributed by atoms with E-state index in [0.29, 0.717) is 6.61 Å². The van der Waals surface area contributed by atoms with Gasteiger partial charge >= 0.3 is 0 Å². The molecule has 15 heavy (non-hydrogen) atoms. The van der Waals surface area contributed by atoms with Crippen molar-refractivity contribution in [1.29, 1.82) is 0 Å². The average molecular weight is 276 g/mol. The Balaban J connectivity index is 2.50. The van der Waals surface area contributed by atoms with Crippen molar-refractivity contribution < 1.29 is 9.13 Å². The molecule has 1 atom stereocenters. The van der Waals surface area contributed by atoms with E-state index in [1.54, 1.807) is 0 Å². The van der Waals surface area contributed by atoms with Crippen molar-refractivity contribution in [2.45, 2.75) is 19.6 Å². The number of benzene rings is 1. The zero-order valence-corrected chi connectivity index (χ0v) is 10.5. The van der Waals surface area contributed by atoms with E-state index in [0.717, 1.165) is 16.6 Å². The molecule has 0 fully saturated rings. The zero-order chi connectivity index (χ0) is 11.3. The molecule has 0 spiro atoms. The Morgan fingerprint density at radius 3 is 2.80 bits per heavy atom. The van der Waals surface area contributed by atoms with E-state index in [1.165, 1.54) is 12.1 Å². The number of halogens is 2. The van der Waals surface area contributed by atoms with Gasteiger partial charge in [0, 0.05) is 11.0 Å². The van der Waals surface area contributed by atoms with Gasteiger partial charge in [0.25, 0.3) is 0 Å². The summed E-state index contributed by atoms with van der Waals surface area (Å²) in [5.41, 5.74) is 0.838. The highest BCUT2D eigenvalue weighted by molar-refractivity contribution is 9.10. The van der Waals surface area contributed by atoms with Crippen LogP contribution in [0.2, 0.25) is 0 Å². The molecule has 0 saturated heterocycles. The maximum atomic E-state index is 13.0. The van der Waals surface area contributed by atoms with Crippen molar-refractivity contribution in [2.75, 3.05) is 13.6 Å². The normalized spacial score (nSPS) is 12.8. The summed E-state index contributed by atoms with van der Waals surface area (Å²) < 4.78 is 19.3. The molecule has 0 aromatic heterocycles. The Labute approximate surface area is 98.0 Å². The molecule has 1 aromatic carbocycles. The van der Waals surface area contributed by atoms with Crippen LogP contribution in [0.1, 0.15) is 12.5 Å². The molecule has 1 unspecified atom stereocenters. The summed E-state index contributed by atoms with van der Waals surface area (Å²) in [6.07, 6.45) is 0.122. The molecule has 2 nitrogen and oxygen atoms in total. The maximum absolute atomic E-state index is 13.0. The first kappa shape index (κ1) is 12.6. The summed E-state index contributed by atoms with van der Waals surface area (Å²) in [5, 5.41) is 3.02. The highest BCUT2D eigenvalue weighted by atomic mass is 79.9. The number of ether oxygens (including phenoxy) is 1. The third kappa shape index (κ3) is 4.73. The number of hydrogen-bond acceptors (Lipinski definition) is 2. The van der Waals surface area contributed by atoms with Crippen molar-refractivity contribution >= 4 is 15.9 Å². The summed E-state index contributed by atoms with van der Waals surface area (Å²) in [6, 6.07) is 4.77. The summed E-state index contributed by atoms with van der Waals surface area (Å²) in [5.74, 6) is -0.246. The van der Waals surface area contributed by atoms with E-state index < -0.39 is 0 Å². The number of likely N-dealkylation sites (N-methyl/N-ethyl adjacent to an activating group) is 1. The predicted molar refractivity (Wildman–Crippen MR) is 62.3 cm³/mol. The molecule has 0 aliphatic heterocycles. The minimum atomic E-state index is -0.246. The van der Waals surface area contributed by atoms with Gasteiger partial charge in [0.2, 0.25) is 0 Å². The summed E-state index contributed by atoms with van der Waals surface area (Å²) >= 11 is 3.24. The van der Waals surface area contributed by atoms with E-state index >= 15 is 0 Å². The van der Waals surface area contributed by atoms with Gasteiger partial charge in [-0.15, -0.1) is 0 Å². The Morgan fingerprint density at radius 2 is 2.20 bits per heavy atom. The van der Waals surface area contributed by atoms with E-state index in [9.17, 15) is 4.39 Å². The molecule has 0 heterocycles. The van der Waals surface area contributed by atoms with Crippen LogP contribution < -0.4 is 5.32 Å².